The molecule has 0 spiro atoms. The second-order valence-electron chi connectivity index (χ2n) is 3.94. The maximum absolute atomic E-state index is 11.4. The molecule has 1 aromatic heterocycles. The van der Waals surface area contributed by atoms with Gasteiger partial charge in [0.25, 0.3) is 6.01 Å². The van der Waals surface area contributed by atoms with Gasteiger partial charge in [0, 0.05) is 0 Å². The minimum atomic E-state index is -0.982. The number of hydrogen-bond donors (Lipinski definition) is 2. The molecule has 1 rings (SSSR count). The molecule has 0 saturated heterocycles. The second kappa shape index (κ2) is 7.40. The maximum atomic E-state index is 11.4. The molecular formula is C12H18N2O5. The fourth-order valence-electron chi connectivity index (χ4n) is 1.45. The van der Waals surface area contributed by atoms with Crippen LogP contribution in [0.15, 0.2) is 10.7 Å². The zero-order chi connectivity index (χ0) is 14.3. The predicted molar refractivity (Wildman–Crippen MR) is 67.0 cm³/mol. The van der Waals surface area contributed by atoms with Crippen LogP contribution in [0, 0.1) is 0 Å². The maximum Gasteiger partial charge on any atom is 0.360 e. The molecule has 7 nitrogen and oxygen atoms in total. The van der Waals surface area contributed by atoms with Gasteiger partial charge in [-0.2, -0.15) is 4.98 Å². The number of aromatic nitrogens is 1. The number of anilines is 1. The number of ether oxygens (including phenoxy) is 1. The van der Waals surface area contributed by atoms with Gasteiger partial charge >= 0.3 is 11.9 Å². The van der Waals surface area contributed by atoms with E-state index in [1.165, 1.54) is 0 Å². The SMILES string of the molecule is CCCCC(Nc1nc(C(=O)OCC)co1)C(=O)O. The number of esters is 1. The normalized spacial score (nSPS) is 11.9. The van der Waals surface area contributed by atoms with E-state index in [9.17, 15) is 9.59 Å². The van der Waals surface area contributed by atoms with Gasteiger partial charge in [-0.25, -0.2) is 9.59 Å². The van der Waals surface area contributed by atoms with E-state index < -0.39 is 18.0 Å². The summed E-state index contributed by atoms with van der Waals surface area (Å²) in [6, 6.07) is -0.778. The van der Waals surface area contributed by atoms with Crippen LogP contribution >= 0.6 is 0 Å². The molecule has 19 heavy (non-hydrogen) atoms. The summed E-state index contributed by atoms with van der Waals surface area (Å²) in [5.74, 6) is -1.58. The van der Waals surface area contributed by atoms with Crippen LogP contribution in [-0.2, 0) is 9.53 Å². The first kappa shape index (κ1) is 15.0. The Balaban J connectivity index is 2.64. The smallest absolute Gasteiger partial charge is 0.360 e. The Kier molecular flexibility index (Phi) is 5.84. The molecule has 0 aromatic carbocycles. The highest BCUT2D eigenvalue weighted by atomic mass is 16.5. The Morgan fingerprint density at radius 1 is 1.53 bits per heavy atom. The van der Waals surface area contributed by atoms with Crippen LogP contribution in [-0.4, -0.2) is 34.7 Å². The Morgan fingerprint density at radius 3 is 2.84 bits per heavy atom. The molecule has 0 bridgehead atoms. The molecule has 0 radical (unpaired) electrons. The molecule has 1 aromatic rings. The van der Waals surface area contributed by atoms with Crippen molar-refractivity contribution in [1.82, 2.24) is 4.98 Å². The monoisotopic (exact) mass is 270 g/mol. The molecule has 106 valence electrons. The molecule has 1 heterocycles. The summed E-state index contributed by atoms with van der Waals surface area (Å²) in [6.07, 6.45) is 3.27. The lowest BCUT2D eigenvalue weighted by Crippen LogP contribution is -2.29. The largest absolute Gasteiger partial charge is 0.480 e. The van der Waals surface area contributed by atoms with Crippen LogP contribution in [0.2, 0.25) is 0 Å². The number of nitrogens with zero attached hydrogens (tertiary/aromatic N) is 1. The first-order chi connectivity index (χ1) is 9.08. The standard InChI is InChI=1S/C12H18N2O5/c1-3-5-6-8(10(15)16)13-12-14-9(7-19-12)11(17)18-4-2/h7-8H,3-6H2,1-2H3,(H,13,14)(H,15,16). The van der Waals surface area contributed by atoms with Crippen molar-refractivity contribution in [3.8, 4) is 0 Å². The lowest BCUT2D eigenvalue weighted by atomic mass is 10.1. The number of unbranched alkanes of at least 4 members (excludes halogenated alkanes) is 1. The first-order valence-electron chi connectivity index (χ1n) is 6.20. The van der Waals surface area contributed by atoms with E-state index in [0.717, 1.165) is 19.1 Å². The quantitative estimate of drug-likeness (QED) is 0.695. The Hall–Kier alpha value is -2.05. The minimum Gasteiger partial charge on any atom is -0.480 e. The number of nitrogens with one attached hydrogen (secondary N) is 1. The van der Waals surface area contributed by atoms with Crippen molar-refractivity contribution >= 4 is 18.0 Å². The van der Waals surface area contributed by atoms with Gasteiger partial charge in [-0.15, -0.1) is 0 Å². The van der Waals surface area contributed by atoms with Crippen LogP contribution in [0.5, 0.6) is 0 Å². The number of oxazole rings is 1. The van der Waals surface area contributed by atoms with Crippen molar-refractivity contribution < 1.29 is 23.8 Å². The minimum absolute atomic E-state index is 0.00607. The highest BCUT2D eigenvalue weighted by Gasteiger charge is 2.20. The van der Waals surface area contributed by atoms with Crippen molar-refractivity contribution in [3.63, 3.8) is 0 Å². The summed E-state index contributed by atoms with van der Waals surface area (Å²) in [5.41, 5.74) is 0.0176. The Bertz CT molecular complexity index is 430. The van der Waals surface area contributed by atoms with E-state index in [0.29, 0.717) is 6.42 Å². The summed E-state index contributed by atoms with van der Waals surface area (Å²) in [5, 5.41) is 11.7. The van der Waals surface area contributed by atoms with Crippen molar-refractivity contribution in [1.29, 1.82) is 0 Å². The summed E-state index contributed by atoms with van der Waals surface area (Å²) < 4.78 is 9.76. The molecule has 0 fully saturated rings. The molecular weight excluding hydrogens is 252 g/mol. The Morgan fingerprint density at radius 2 is 2.26 bits per heavy atom. The molecule has 0 aliphatic carbocycles. The van der Waals surface area contributed by atoms with Crippen LogP contribution in [0.3, 0.4) is 0 Å². The van der Waals surface area contributed by atoms with Gasteiger partial charge in [0.15, 0.2) is 5.69 Å². The third-order valence-electron chi connectivity index (χ3n) is 2.43. The van der Waals surface area contributed by atoms with E-state index in [-0.39, 0.29) is 18.3 Å². The number of carboxylic acids is 1. The fourth-order valence-corrected chi connectivity index (χ4v) is 1.45. The van der Waals surface area contributed by atoms with Crippen molar-refractivity contribution in [3.05, 3.63) is 12.0 Å². The van der Waals surface area contributed by atoms with Gasteiger partial charge in [0.05, 0.1) is 6.61 Å². The van der Waals surface area contributed by atoms with Crippen molar-refractivity contribution in [2.45, 2.75) is 39.2 Å². The number of carbonyl (C=O) groups is 2. The fraction of sp³-hybridized carbons (Fsp3) is 0.583. The number of carboxylic acid groups (broad SMARTS) is 1. The molecule has 0 aliphatic rings. The van der Waals surface area contributed by atoms with Gasteiger partial charge in [-0.3, -0.25) is 0 Å². The number of hydrogen-bond acceptors (Lipinski definition) is 6. The summed E-state index contributed by atoms with van der Waals surface area (Å²) >= 11 is 0. The van der Waals surface area contributed by atoms with E-state index in [4.69, 9.17) is 14.3 Å². The molecule has 0 amide bonds. The molecule has 1 atom stereocenters. The lowest BCUT2D eigenvalue weighted by Gasteiger charge is -2.11. The van der Waals surface area contributed by atoms with Crippen LogP contribution < -0.4 is 5.32 Å². The topological polar surface area (TPSA) is 102 Å². The summed E-state index contributed by atoms with van der Waals surface area (Å²) in [4.78, 5) is 26.2. The van der Waals surface area contributed by atoms with Crippen LogP contribution in [0.4, 0.5) is 6.01 Å². The van der Waals surface area contributed by atoms with Gasteiger partial charge in [-0.05, 0) is 13.3 Å². The molecule has 7 heteroatoms. The molecule has 2 N–H and O–H groups in total. The molecule has 0 aliphatic heterocycles. The third kappa shape index (κ3) is 4.61. The zero-order valence-corrected chi connectivity index (χ0v) is 11.0. The van der Waals surface area contributed by atoms with Gasteiger partial charge in [0.1, 0.15) is 12.3 Å². The van der Waals surface area contributed by atoms with Gasteiger partial charge in [-0.1, -0.05) is 19.8 Å². The third-order valence-corrected chi connectivity index (χ3v) is 2.43. The van der Waals surface area contributed by atoms with E-state index in [1.54, 1.807) is 6.92 Å². The van der Waals surface area contributed by atoms with Crippen LogP contribution in [0.1, 0.15) is 43.6 Å². The number of rotatable bonds is 8. The average molecular weight is 270 g/mol. The zero-order valence-electron chi connectivity index (χ0n) is 11.0. The number of carbonyl (C=O) groups excluding carboxylic acids is 1. The van der Waals surface area contributed by atoms with Crippen LogP contribution in [0.25, 0.3) is 0 Å². The average Bonchev–Trinajstić information content (AvgIpc) is 2.83. The van der Waals surface area contributed by atoms with E-state index in [2.05, 4.69) is 10.3 Å². The highest BCUT2D eigenvalue weighted by Crippen LogP contribution is 2.12. The second-order valence-corrected chi connectivity index (χ2v) is 3.94. The highest BCUT2D eigenvalue weighted by molar-refractivity contribution is 5.87. The summed E-state index contributed by atoms with van der Waals surface area (Å²) in [7, 11) is 0. The van der Waals surface area contributed by atoms with Gasteiger partial charge < -0.3 is 19.6 Å². The number of aliphatic carboxylic acids is 1. The Labute approximate surface area is 111 Å². The van der Waals surface area contributed by atoms with Crippen molar-refractivity contribution in [2.75, 3.05) is 11.9 Å². The van der Waals surface area contributed by atoms with Gasteiger partial charge in [0.2, 0.25) is 0 Å². The van der Waals surface area contributed by atoms with E-state index in [1.807, 2.05) is 6.92 Å². The summed E-state index contributed by atoms with van der Waals surface area (Å²) in [6.45, 7) is 3.90. The molecule has 0 saturated carbocycles. The molecule has 1 unspecified atom stereocenters. The van der Waals surface area contributed by atoms with E-state index >= 15 is 0 Å². The predicted octanol–water partition coefficient (Wildman–Crippen LogP) is 1.91. The van der Waals surface area contributed by atoms with Crippen molar-refractivity contribution in [2.24, 2.45) is 0 Å². The first-order valence-corrected chi connectivity index (χ1v) is 6.20. The lowest BCUT2D eigenvalue weighted by molar-refractivity contribution is -0.138.